The number of thioether (sulfide) groups is 1. The van der Waals surface area contributed by atoms with Crippen LogP contribution in [0.25, 0.3) is 0 Å². The highest BCUT2D eigenvalue weighted by molar-refractivity contribution is 7.99. The fourth-order valence-corrected chi connectivity index (χ4v) is 5.33. The molecule has 0 spiro atoms. The van der Waals surface area contributed by atoms with Gasteiger partial charge in [0.2, 0.25) is 10.0 Å². The topological polar surface area (TPSA) is 73.8 Å². The van der Waals surface area contributed by atoms with Gasteiger partial charge in [0, 0.05) is 37.2 Å². The fraction of sp³-hybridized carbons (Fsp3) is 0.632. The molecule has 6 nitrogen and oxygen atoms in total. The average molecular weight is 413 g/mol. The molecule has 1 aromatic carbocycles. The Kier molecular flexibility index (Phi) is 9.44. The third-order valence-corrected chi connectivity index (χ3v) is 7.21. The molecule has 1 fully saturated rings. The molecule has 0 amide bonds. The number of nitrogens with one attached hydrogen (secondary N) is 2. The largest absolute Gasteiger partial charge is 0.357 e. The summed E-state index contributed by atoms with van der Waals surface area (Å²) in [5.74, 6) is 2.51. The summed E-state index contributed by atoms with van der Waals surface area (Å²) in [5, 5.41) is 6.59. The molecule has 0 radical (unpaired) electrons. The molecule has 27 heavy (non-hydrogen) atoms. The summed E-state index contributed by atoms with van der Waals surface area (Å²) in [6.45, 7) is 6.38. The van der Waals surface area contributed by atoms with Gasteiger partial charge in [-0.05, 0) is 32.3 Å². The normalized spacial score (nSPS) is 17.5. The van der Waals surface area contributed by atoms with Crippen LogP contribution in [-0.4, -0.2) is 68.2 Å². The summed E-state index contributed by atoms with van der Waals surface area (Å²) in [7, 11) is -3.21. The molecule has 2 N–H and O–H groups in total. The van der Waals surface area contributed by atoms with Gasteiger partial charge < -0.3 is 10.6 Å². The van der Waals surface area contributed by atoms with Crippen molar-refractivity contribution in [3.63, 3.8) is 0 Å². The molecule has 1 unspecified atom stereocenters. The Morgan fingerprint density at radius 2 is 1.96 bits per heavy atom. The lowest BCUT2D eigenvalue weighted by Crippen LogP contribution is -2.43. The van der Waals surface area contributed by atoms with Crippen molar-refractivity contribution in [1.29, 1.82) is 0 Å². The predicted molar refractivity (Wildman–Crippen MR) is 116 cm³/mol. The van der Waals surface area contributed by atoms with Gasteiger partial charge in [0.25, 0.3) is 0 Å². The van der Waals surface area contributed by atoms with E-state index in [0.29, 0.717) is 19.0 Å². The zero-order valence-electron chi connectivity index (χ0n) is 16.4. The Balaban J connectivity index is 1.81. The van der Waals surface area contributed by atoms with Crippen LogP contribution in [0.4, 0.5) is 0 Å². The van der Waals surface area contributed by atoms with Crippen molar-refractivity contribution < 1.29 is 8.42 Å². The molecular formula is C19H32N4O2S2. The Bertz CT molecular complexity index is 674. The number of hydrogen-bond acceptors (Lipinski definition) is 4. The third kappa shape index (κ3) is 8.11. The summed E-state index contributed by atoms with van der Waals surface area (Å²) in [5.41, 5.74) is 1.32. The van der Waals surface area contributed by atoms with Crippen LogP contribution in [0.3, 0.4) is 0 Å². The minimum absolute atomic E-state index is 0.0621. The fourth-order valence-electron chi connectivity index (χ4n) is 2.88. The van der Waals surface area contributed by atoms with Gasteiger partial charge >= 0.3 is 0 Å². The van der Waals surface area contributed by atoms with Gasteiger partial charge in [-0.25, -0.2) is 12.7 Å². The van der Waals surface area contributed by atoms with Gasteiger partial charge in [-0.15, -0.1) is 0 Å². The second-order valence-corrected chi connectivity index (χ2v) is 9.97. The Labute approximate surface area is 168 Å². The first-order valence-electron chi connectivity index (χ1n) is 9.65. The standard InChI is InChI=1S/C19H32N4O2S2/c1-3-20-19(22-17(2)9-10-18-7-5-4-6-8-18)21-11-16-27(24,25)23-12-14-26-15-13-23/h4-8,17H,3,9-16H2,1-2H3,(H2,20,21,22). The maximum atomic E-state index is 12.4. The van der Waals surface area contributed by atoms with Crippen LogP contribution in [0.5, 0.6) is 0 Å². The molecule has 1 aromatic rings. The molecule has 1 aliphatic heterocycles. The lowest BCUT2D eigenvalue weighted by molar-refractivity contribution is 0.444. The molecule has 0 bridgehead atoms. The van der Waals surface area contributed by atoms with E-state index < -0.39 is 10.0 Å². The SMILES string of the molecule is CCNC(=NCCS(=O)(=O)N1CCSCC1)NC(C)CCc1ccccc1. The number of aryl methyl sites for hydroxylation is 1. The highest BCUT2D eigenvalue weighted by atomic mass is 32.2. The number of nitrogens with zero attached hydrogens (tertiary/aromatic N) is 2. The van der Waals surface area contributed by atoms with E-state index in [-0.39, 0.29) is 18.3 Å². The van der Waals surface area contributed by atoms with Crippen molar-refractivity contribution >= 4 is 27.7 Å². The van der Waals surface area contributed by atoms with Crippen LogP contribution in [0.1, 0.15) is 25.8 Å². The lowest BCUT2D eigenvalue weighted by atomic mass is 10.1. The first kappa shape index (κ1) is 22.0. The van der Waals surface area contributed by atoms with Crippen molar-refractivity contribution in [2.45, 2.75) is 32.7 Å². The summed E-state index contributed by atoms with van der Waals surface area (Å²) in [6, 6.07) is 10.7. The molecule has 1 saturated heterocycles. The lowest BCUT2D eigenvalue weighted by Gasteiger charge is -2.25. The monoisotopic (exact) mass is 412 g/mol. The van der Waals surface area contributed by atoms with E-state index >= 15 is 0 Å². The molecule has 1 atom stereocenters. The van der Waals surface area contributed by atoms with Crippen LogP contribution < -0.4 is 10.6 Å². The minimum atomic E-state index is -3.21. The van der Waals surface area contributed by atoms with Crippen LogP contribution >= 0.6 is 11.8 Å². The average Bonchev–Trinajstić information content (AvgIpc) is 2.68. The maximum Gasteiger partial charge on any atom is 0.215 e. The highest BCUT2D eigenvalue weighted by Gasteiger charge is 2.23. The Morgan fingerprint density at radius 3 is 2.63 bits per heavy atom. The Hall–Kier alpha value is -1.25. The van der Waals surface area contributed by atoms with Crippen LogP contribution in [0, 0.1) is 0 Å². The zero-order chi connectivity index (χ0) is 19.5. The summed E-state index contributed by atoms with van der Waals surface area (Å²) < 4.78 is 26.4. The number of rotatable bonds is 9. The third-order valence-electron chi connectivity index (χ3n) is 4.42. The van der Waals surface area contributed by atoms with Crippen molar-refractivity contribution in [3.8, 4) is 0 Å². The van der Waals surface area contributed by atoms with Crippen LogP contribution in [0.2, 0.25) is 0 Å². The summed E-state index contributed by atoms with van der Waals surface area (Å²) in [4.78, 5) is 4.47. The molecule has 0 aromatic heterocycles. The molecule has 152 valence electrons. The molecule has 8 heteroatoms. The van der Waals surface area contributed by atoms with Gasteiger partial charge in [-0.2, -0.15) is 11.8 Å². The minimum Gasteiger partial charge on any atom is -0.357 e. The molecule has 1 aliphatic rings. The van der Waals surface area contributed by atoms with E-state index in [1.807, 2.05) is 13.0 Å². The molecule has 1 heterocycles. The van der Waals surface area contributed by atoms with Gasteiger partial charge in [-0.3, -0.25) is 4.99 Å². The molecular weight excluding hydrogens is 380 g/mol. The van der Waals surface area contributed by atoms with Crippen molar-refractivity contribution in [2.24, 2.45) is 4.99 Å². The van der Waals surface area contributed by atoms with Crippen LogP contribution in [-0.2, 0) is 16.4 Å². The summed E-state index contributed by atoms with van der Waals surface area (Å²) >= 11 is 1.81. The number of aliphatic imine (C=N–C) groups is 1. The highest BCUT2D eigenvalue weighted by Crippen LogP contribution is 2.13. The van der Waals surface area contributed by atoms with Gasteiger partial charge in [-0.1, -0.05) is 30.3 Å². The van der Waals surface area contributed by atoms with Crippen molar-refractivity contribution in [3.05, 3.63) is 35.9 Å². The quantitative estimate of drug-likeness (QED) is 0.479. The van der Waals surface area contributed by atoms with Gasteiger partial charge in [0.15, 0.2) is 5.96 Å². The number of guanidine groups is 1. The second kappa shape index (κ2) is 11.6. The van der Waals surface area contributed by atoms with E-state index in [2.05, 4.69) is 46.8 Å². The number of hydrogen-bond donors (Lipinski definition) is 2. The molecule has 0 saturated carbocycles. The van der Waals surface area contributed by atoms with Gasteiger partial charge in [0.05, 0.1) is 12.3 Å². The summed E-state index contributed by atoms with van der Waals surface area (Å²) in [6.07, 6.45) is 1.98. The first-order valence-corrected chi connectivity index (χ1v) is 12.4. The molecule has 0 aliphatic carbocycles. The van der Waals surface area contributed by atoms with Gasteiger partial charge in [0.1, 0.15) is 0 Å². The first-order chi connectivity index (χ1) is 13.0. The zero-order valence-corrected chi connectivity index (χ0v) is 18.0. The predicted octanol–water partition coefficient (Wildman–Crippen LogP) is 1.94. The number of benzene rings is 1. The van der Waals surface area contributed by atoms with Crippen molar-refractivity contribution in [1.82, 2.24) is 14.9 Å². The van der Waals surface area contributed by atoms with Crippen LogP contribution in [0.15, 0.2) is 35.3 Å². The van der Waals surface area contributed by atoms with E-state index in [1.54, 1.807) is 16.1 Å². The Morgan fingerprint density at radius 1 is 1.26 bits per heavy atom. The van der Waals surface area contributed by atoms with E-state index in [0.717, 1.165) is 30.9 Å². The van der Waals surface area contributed by atoms with E-state index in [1.165, 1.54) is 5.56 Å². The van der Waals surface area contributed by atoms with E-state index in [9.17, 15) is 8.42 Å². The maximum absolute atomic E-state index is 12.4. The van der Waals surface area contributed by atoms with Crippen molar-refractivity contribution in [2.75, 3.05) is 43.4 Å². The second-order valence-electron chi connectivity index (χ2n) is 6.66. The van der Waals surface area contributed by atoms with E-state index in [4.69, 9.17) is 0 Å². The smallest absolute Gasteiger partial charge is 0.215 e. The number of sulfonamides is 1. The molecule has 2 rings (SSSR count).